The lowest BCUT2D eigenvalue weighted by Crippen LogP contribution is -2.06. The summed E-state index contributed by atoms with van der Waals surface area (Å²) in [5.74, 6) is 0. The van der Waals surface area contributed by atoms with E-state index in [9.17, 15) is 25.1 Å². The lowest BCUT2D eigenvalue weighted by Gasteiger charge is -2.11. The van der Waals surface area contributed by atoms with E-state index in [0.717, 1.165) is 6.07 Å². The zero-order chi connectivity index (χ0) is 12.1. The molecular weight excluding hydrogens is 214 g/mol. The van der Waals surface area contributed by atoms with Crippen molar-refractivity contribution >= 4 is 12.0 Å². The Morgan fingerprint density at radius 1 is 1.50 bits per heavy atom. The maximum atomic E-state index is 10.5. The number of nitro groups is 1. The van der Waals surface area contributed by atoms with Gasteiger partial charge in [-0.1, -0.05) is 12.1 Å². The van der Waals surface area contributed by atoms with Gasteiger partial charge in [0.2, 0.25) is 0 Å². The molecule has 0 bridgehead atoms. The van der Waals surface area contributed by atoms with E-state index in [1.165, 1.54) is 18.2 Å². The van der Waals surface area contributed by atoms with E-state index >= 15 is 0 Å². The third-order valence-electron chi connectivity index (χ3n) is 1.98. The number of rotatable bonds is 4. The Morgan fingerprint density at radius 2 is 2.19 bits per heavy atom. The fourth-order valence-electron chi connectivity index (χ4n) is 1.16. The first-order chi connectivity index (χ1) is 7.60. The zero-order valence-corrected chi connectivity index (χ0v) is 8.07. The predicted octanol–water partition coefficient (Wildman–Crippen LogP) is 0.0713. The maximum absolute atomic E-state index is 10.5. The highest BCUT2D eigenvalue weighted by molar-refractivity contribution is 5.74. The Hall–Kier alpha value is -2.21. The van der Waals surface area contributed by atoms with Gasteiger partial charge < -0.3 is 10.2 Å². The van der Waals surface area contributed by atoms with Crippen molar-refractivity contribution in [3.05, 3.63) is 51.8 Å². The van der Waals surface area contributed by atoms with Gasteiger partial charge in [-0.05, 0) is 5.56 Å². The van der Waals surface area contributed by atoms with Crippen LogP contribution >= 0.6 is 0 Å². The number of aliphatic hydroxyl groups is 1. The smallest absolute Gasteiger partial charge is 0.269 e. The Kier molecular flexibility index (Phi) is 3.73. The van der Waals surface area contributed by atoms with E-state index in [-0.39, 0.29) is 29.4 Å². The Balaban J connectivity index is 3.09. The van der Waals surface area contributed by atoms with Crippen LogP contribution in [0.25, 0.3) is 0 Å². The van der Waals surface area contributed by atoms with E-state index in [2.05, 4.69) is 0 Å². The standard InChI is InChI=1S/C10H9NO5/c12-5-8(6-13)10(14)7-2-1-3-9(4-7)11(15)16/h1-6,10,12,14H/p-1/b8-5+. The molecule has 0 spiro atoms. The molecule has 0 radical (unpaired) electrons. The first-order valence-corrected chi connectivity index (χ1v) is 4.29. The van der Waals surface area contributed by atoms with Gasteiger partial charge in [-0.2, -0.15) is 0 Å². The number of hydrogen-bond acceptors (Lipinski definition) is 5. The molecule has 0 aliphatic carbocycles. The number of nitro benzene ring substituents is 1. The van der Waals surface area contributed by atoms with E-state index in [1.807, 2.05) is 0 Å². The molecule has 1 N–H and O–H groups in total. The van der Waals surface area contributed by atoms with Crippen molar-refractivity contribution in [1.82, 2.24) is 0 Å². The molecule has 0 heterocycles. The van der Waals surface area contributed by atoms with Gasteiger partial charge in [-0.15, -0.1) is 6.26 Å². The second-order valence-electron chi connectivity index (χ2n) is 2.99. The van der Waals surface area contributed by atoms with Gasteiger partial charge in [0.25, 0.3) is 5.69 Å². The molecule has 0 amide bonds. The van der Waals surface area contributed by atoms with Crippen LogP contribution in [0.15, 0.2) is 36.1 Å². The average Bonchev–Trinajstić information content (AvgIpc) is 2.30. The number of nitrogens with zero attached hydrogens (tertiary/aromatic N) is 1. The number of carbonyl (C=O) groups is 1. The Labute approximate surface area is 90.6 Å². The van der Waals surface area contributed by atoms with Crippen LogP contribution in [0.3, 0.4) is 0 Å². The summed E-state index contributed by atoms with van der Waals surface area (Å²) >= 11 is 0. The number of non-ortho nitro benzene ring substituents is 1. The lowest BCUT2D eigenvalue weighted by atomic mass is 10.0. The first kappa shape index (κ1) is 11.9. The minimum atomic E-state index is -1.44. The molecule has 0 aromatic heterocycles. The SMILES string of the molecule is O=C/C(=C\[O-])C(O)c1cccc([N+](=O)[O-])c1. The molecule has 0 saturated carbocycles. The summed E-state index contributed by atoms with van der Waals surface area (Å²) < 4.78 is 0. The minimum absolute atomic E-state index is 0.128. The second kappa shape index (κ2) is 5.04. The average molecular weight is 222 g/mol. The lowest BCUT2D eigenvalue weighted by molar-refractivity contribution is -0.385. The summed E-state index contributed by atoms with van der Waals surface area (Å²) in [5, 5.41) is 30.4. The molecule has 0 aliphatic rings. The second-order valence-corrected chi connectivity index (χ2v) is 2.99. The van der Waals surface area contributed by atoms with Gasteiger partial charge in [0.05, 0.1) is 4.92 Å². The van der Waals surface area contributed by atoms with Gasteiger partial charge in [-0.25, -0.2) is 0 Å². The summed E-state index contributed by atoms with van der Waals surface area (Å²) in [5.41, 5.74) is -0.461. The van der Waals surface area contributed by atoms with E-state index in [0.29, 0.717) is 0 Å². The Bertz CT molecular complexity index is 441. The van der Waals surface area contributed by atoms with Gasteiger partial charge in [0, 0.05) is 17.7 Å². The van der Waals surface area contributed by atoms with Crippen LogP contribution in [-0.2, 0) is 4.79 Å². The fourth-order valence-corrected chi connectivity index (χ4v) is 1.16. The highest BCUT2D eigenvalue weighted by Crippen LogP contribution is 2.23. The topological polar surface area (TPSA) is 104 Å². The van der Waals surface area contributed by atoms with Crippen LogP contribution in [0.4, 0.5) is 5.69 Å². The first-order valence-electron chi connectivity index (χ1n) is 4.29. The molecule has 1 aromatic rings. The normalized spacial score (nSPS) is 13.2. The van der Waals surface area contributed by atoms with Crippen molar-refractivity contribution in [3.8, 4) is 0 Å². The van der Waals surface area contributed by atoms with Crippen molar-refractivity contribution < 1.29 is 19.9 Å². The number of aliphatic hydroxyl groups excluding tert-OH is 1. The van der Waals surface area contributed by atoms with Crippen molar-refractivity contribution in [3.63, 3.8) is 0 Å². The molecule has 16 heavy (non-hydrogen) atoms. The van der Waals surface area contributed by atoms with Crippen molar-refractivity contribution in [2.75, 3.05) is 0 Å². The van der Waals surface area contributed by atoms with Crippen molar-refractivity contribution in [1.29, 1.82) is 0 Å². The molecule has 1 aromatic carbocycles. The molecule has 0 fully saturated rings. The molecule has 0 aliphatic heterocycles. The summed E-state index contributed by atoms with van der Waals surface area (Å²) in [6.07, 6.45) is -0.998. The molecule has 1 rings (SSSR count). The summed E-state index contributed by atoms with van der Waals surface area (Å²) in [6, 6.07) is 5.12. The summed E-state index contributed by atoms with van der Waals surface area (Å²) in [7, 11) is 0. The van der Waals surface area contributed by atoms with Gasteiger partial charge in [0.1, 0.15) is 12.4 Å². The Morgan fingerprint density at radius 3 is 2.69 bits per heavy atom. The quantitative estimate of drug-likeness (QED) is 0.255. The highest BCUT2D eigenvalue weighted by atomic mass is 16.6. The summed E-state index contributed by atoms with van der Waals surface area (Å²) in [6.45, 7) is 0. The number of benzene rings is 1. The van der Waals surface area contributed by atoms with Crippen molar-refractivity contribution in [2.45, 2.75) is 6.10 Å². The summed E-state index contributed by atoms with van der Waals surface area (Å²) in [4.78, 5) is 20.2. The number of hydrogen-bond donors (Lipinski definition) is 1. The van der Waals surface area contributed by atoms with E-state index in [4.69, 9.17) is 0 Å². The zero-order valence-electron chi connectivity index (χ0n) is 8.07. The number of carbonyl (C=O) groups excluding carboxylic acids is 1. The molecule has 1 atom stereocenters. The maximum Gasteiger partial charge on any atom is 0.269 e. The van der Waals surface area contributed by atoms with E-state index < -0.39 is 11.0 Å². The largest absolute Gasteiger partial charge is 0.878 e. The molecular formula is C10H8NO5-. The van der Waals surface area contributed by atoms with Crippen LogP contribution in [0.2, 0.25) is 0 Å². The van der Waals surface area contributed by atoms with Crippen LogP contribution in [-0.4, -0.2) is 16.3 Å². The predicted molar refractivity (Wildman–Crippen MR) is 52.2 cm³/mol. The van der Waals surface area contributed by atoms with Gasteiger partial charge >= 0.3 is 0 Å². The van der Waals surface area contributed by atoms with Gasteiger partial charge in [-0.3, -0.25) is 14.9 Å². The van der Waals surface area contributed by atoms with Crippen LogP contribution in [0.1, 0.15) is 11.7 Å². The molecule has 6 heteroatoms. The van der Waals surface area contributed by atoms with Crippen LogP contribution in [0.5, 0.6) is 0 Å². The van der Waals surface area contributed by atoms with Crippen LogP contribution < -0.4 is 5.11 Å². The third kappa shape index (κ3) is 2.43. The molecule has 84 valence electrons. The highest BCUT2D eigenvalue weighted by Gasteiger charge is 2.14. The number of aldehydes is 1. The van der Waals surface area contributed by atoms with Crippen molar-refractivity contribution in [2.24, 2.45) is 0 Å². The van der Waals surface area contributed by atoms with E-state index in [1.54, 1.807) is 0 Å². The van der Waals surface area contributed by atoms with Gasteiger partial charge in [0.15, 0.2) is 0 Å². The molecule has 1 unspecified atom stereocenters. The third-order valence-corrected chi connectivity index (χ3v) is 1.98. The fraction of sp³-hybridized carbons (Fsp3) is 0.100. The monoisotopic (exact) mass is 222 g/mol. The minimum Gasteiger partial charge on any atom is -0.878 e. The molecule has 6 nitrogen and oxygen atoms in total. The van der Waals surface area contributed by atoms with Crippen LogP contribution in [0, 0.1) is 10.1 Å². The molecule has 0 saturated heterocycles.